The van der Waals surface area contributed by atoms with Crippen LogP contribution in [0.4, 0.5) is 0 Å². The Labute approximate surface area is 188 Å². The summed E-state index contributed by atoms with van der Waals surface area (Å²) in [5.41, 5.74) is 2.26. The van der Waals surface area contributed by atoms with Crippen molar-refractivity contribution in [3.63, 3.8) is 0 Å². The van der Waals surface area contributed by atoms with Crippen LogP contribution < -0.4 is 14.8 Å². The first-order valence-electron chi connectivity index (χ1n) is 11.0. The topological polar surface area (TPSA) is 76.8 Å². The highest BCUT2D eigenvalue weighted by molar-refractivity contribution is 5.93. The van der Waals surface area contributed by atoms with Gasteiger partial charge in [-0.1, -0.05) is 23.7 Å². The fourth-order valence-corrected chi connectivity index (χ4v) is 4.07. The standard InChI is InChI=1S/C25H29N3O4/c1-30-20-10-6-18(7-11-20)23(28-14-4-3-5-15-28)17-26-25(29)22-16-24(32-27-22)19-8-12-21(31-2)13-9-19/h6-13,16,23H,3-5,14-15,17H2,1-2H3,(H,26,29)/t23-/m0/s1. The van der Waals surface area contributed by atoms with E-state index in [-0.39, 0.29) is 17.6 Å². The molecular formula is C25H29N3O4. The maximum absolute atomic E-state index is 12.8. The van der Waals surface area contributed by atoms with Gasteiger partial charge in [-0.2, -0.15) is 0 Å². The first-order chi connectivity index (χ1) is 15.7. The van der Waals surface area contributed by atoms with Gasteiger partial charge < -0.3 is 19.3 Å². The summed E-state index contributed by atoms with van der Waals surface area (Å²) < 4.78 is 15.9. The van der Waals surface area contributed by atoms with Crippen LogP contribution in [0.1, 0.15) is 41.4 Å². The molecule has 168 valence electrons. The second-order valence-electron chi connectivity index (χ2n) is 7.90. The molecule has 0 unspecified atom stereocenters. The zero-order valence-corrected chi connectivity index (χ0v) is 18.5. The van der Waals surface area contributed by atoms with Crippen LogP contribution >= 0.6 is 0 Å². The largest absolute Gasteiger partial charge is 0.497 e. The Kier molecular flexibility index (Phi) is 7.07. The monoisotopic (exact) mass is 435 g/mol. The van der Waals surface area contributed by atoms with Gasteiger partial charge in [-0.15, -0.1) is 0 Å². The van der Waals surface area contributed by atoms with Gasteiger partial charge in [-0.05, 0) is 67.9 Å². The number of ether oxygens (including phenoxy) is 2. The fourth-order valence-electron chi connectivity index (χ4n) is 4.07. The van der Waals surface area contributed by atoms with Gasteiger partial charge in [0.25, 0.3) is 5.91 Å². The molecule has 0 aliphatic carbocycles. The van der Waals surface area contributed by atoms with E-state index in [1.807, 2.05) is 36.4 Å². The zero-order valence-electron chi connectivity index (χ0n) is 18.5. The van der Waals surface area contributed by atoms with Crippen molar-refractivity contribution < 1.29 is 18.8 Å². The van der Waals surface area contributed by atoms with Crippen molar-refractivity contribution in [1.82, 2.24) is 15.4 Å². The van der Waals surface area contributed by atoms with Crippen molar-refractivity contribution in [2.75, 3.05) is 33.9 Å². The van der Waals surface area contributed by atoms with Crippen LogP contribution in [-0.4, -0.2) is 49.8 Å². The number of rotatable bonds is 8. The predicted molar refractivity (Wildman–Crippen MR) is 122 cm³/mol. The van der Waals surface area contributed by atoms with Gasteiger partial charge in [0.2, 0.25) is 0 Å². The molecule has 2 heterocycles. The molecule has 3 aromatic rings. The summed E-state index contributed by atoms with van der Waals surface area (Å²) in [5.74, 6) is 1.88. The molecule has 2 aromatic carbocycles. The second-order valence-corrected chi connectivity index (χ2v) is 7.90. The molecule has 32 heavy (non-hydrogen) atoms. The van der Waals surface area contributed by atoms with Gasteiger partial charge in [0.1, 0.15) is 11.5 Å². The van der Waals surface area contributed by atoms with Crippen molar-refractivity contribution in [3.05, 3.63) is 65.9 Å². The predicted octanol–water partition coefficient (Wildman–Crippen LogP) is 4.32. The Morgan fingerprint density at radius 3 is 2.25 bits per heavy atom. The number of hydrogen-bond donors (Lipinski definition) is 1. The van der Waals surface area contributed by atoms with Crippen molar-refractivity contribution in [1.29, 1.82) is 0 Å². The van der Waals surface area contributed by atoms with E-state index in [1.165, 1.54) is 19.3 Å². The molecule has 0 bridgehead atoms. The van der Waals surface area contributed by atoms with E-state index in [2.05, 4.69) is 27.5 Å². The highest BCUT2D eigenvalue weighted by Gasteiger charge is 2.24. The SMILES string of the molecule is COc1ccc(-c2cc(C(=O)NC[C@@H](c3ccc(OC)cc3)N3CCCCC3)no2)cc1. The molecule has 1 saturated heterocycles. The Morgan fingerprint density at radius 2 is 1.62 bits per heavy atom. The van der Waals surface area contributed by atoms with Gasteiger partial charge in [0, 0.05) is 18.2 Å². The van der Waals surface area contributed by atoms with Crippen LogP contribution in [0.25, 0.3) is 11.3 Å². The van der Waals surface area contributed by atoms with Crippen molar-refractivity contribution in [3.8, 4) is 22.8 Å². The molecule has 1 amide bonds. The van der Waals surface area contributed by atoms with E-state index in [0.29, 0.717) is 12.3 Å². The lowest BCUT2D eigenvalue weighted by Gasteiger charge is -2.35. The molecule has 0 saturated carbocycles. The number of amides is 1. The molecule has 0 radical (unpaired) electrons. The number of nitrogens with zero attached hydrogens (tertiary/aromatic N) is 2. The van der Waals surface area contributed by atoms with Crippen molar-refractivity contribution in [2.24, 2.45) is 0 Å². The Balaban J connectivity index is 1.45. The molecular weight excluding hydrogens is 406 g/mol. The average molecular weight is 436 g/mol. The number of hydrogen-bond acceptors (Lipinski definition) is 6. The smallest absolute Gasteiger partial charge is 0.273 e. The lowest BCUT2D eigenvalue weighted by molar-refractivity contribution is 0.0915. The van der Waals surface area contributed by atoms with Crippen LogP contribution in [0.5, 0.6) is 11.5 Å². The quantitative estimate of drug-likeness (QED) is 0.568. The molecule has 1 N–H and O–H groups in total. The lowest BCUT2D eigenvalue weighted by atomic mass is 10.0. The first kappa shape index (κ1) is 21.9. The number of piperidine rings is 1. The van der Waals surface area contributed by atoms with Crippen LogP contribution in [0, 0.1) is 0 Å². The maximum atomic E-state index is 12.8. The summed E-state index contributed by atoms with van der Waals surface area (Å²) in [5, 5.41) is 7.02. The molecule has 1 aliphatic heterocycles. The molecule has 7 heteroatoms. The van der Waals surface area contributed by atoms with E-state index < -0.39 is 0 Å². The molecule has 0 spiro atoms. The second kappa shape index (κ2) is 10.3. The molecule has 7 nitrogen and oxygen atoms in total. The first-order valence-corrected chi connectivity index (χ1v) is 11.0. The minimum Gasteiger partial charge on any atom is -0.497 e. The molecule has 1 aliphatic rings. The number of benzene rings is 2. The third-order valence-electron chi connectivity index (χ3n) is 5.91. The Hall–Kier alpha value is -3.32. The van der Waals surface area contributed by atoms with E-state index in [4.69, 9.17) is 14.0 Å². The van der Waals surface area contributed by atoms with E-state index in [9.17, 15) is 4.79 Å². The summed E-state index contributed by atoms with van der Waals surface area (Å²) in [6, 6.07) is 17.3. The summed E-state index contributed by atoms with van der Waals surface area (Å²) in [6.45, 7) is 2.55. The zero-order chi connectivity index (χ0) is 22.3. The average Bonchev–Trinajstić information content (AvgIpc) is 3.36. The van der Waals surface area contributed by atoms with Gasteiger partial charge in [0.05, 0.1) is 20.3 Å². The summed E-state index contributed by atoms with van der Waals surface area (Å²) in [6.07, 6.45) is 3.61. The summed E-state index contributed by atoms with van der Waals surface area (Å²) >= 11 is 0. The maximum Gasteiger partial charge on any atom is 0.273 e. The third kappa shape index (κ3) is 5.11. The number of aromatic nitrogens is 1. The van der Waals surface area contributed by atoms with Gasteiger partial charge in [0.15, 0.2) is 11.5 Å². The normalized spacial score (nSPS) is 15.2. The summed E-state index contributed by atoms with van der Waals surface area (Å²) in [7, 11) is 3.28. The minimum absolute atomic E-state index is 0.0955. The number of nitrogens with one attached hydrogen (secondary N) is 1. The van der Waals surface area contributed by atoms with E-state index in [1.54, 1.807) is 20.3 Å². The van der Waals surface area contributed by atoms with E-state index in [0.717, 1.165) is 35.7 Å². The Morgan fingerprint density at radius 1 is 1.00 bits per heavy atom. The molecule has 1 atom stereocenters. The summed E-state index contributed by atoms with van der Waals surface area (Å²) in [4.78, 5) is 15.3. The van der Waals surface area contributed by atoms with Crippen LogP contribution in [0.2, 0.25) is 0 Å². The van der Waals surface area contributed by atoms with E-state index >= 15 is 0 Å². The van der Waals surface area contributed by atoms with Crippen molar-refractivity contribution in [2.45, 2.75) is 25.3 Å². The van der Waals surface area contributed by atoms with Gasteiger partial charge in [-0.3, -0.25) is 9.69 Å². The highest BCUT2D eigenvalue weighted by atomic mass is 16.5. The van der Waals surface area contributed by atoms with Crippen molar-refractivity contribution >= 4 is 5.91 Å². The number of likely N-dealkylation sites (tertiary alicyclic amines) is 1. The molecule has 1 aromatic heterocycles. The number of methoxy groups -OCH3 is 2. The van der Waals surface area contributed by atoms with Crippen LogP contribution in [-0.2, 0) is 0 Å². The number of carbonyl (C=O) groups excluding carboxylic acids is 1. The third-order valence-corrected chi connectivity index (χ3v) is 5.91. The van der Waals surface area contributed by atoms with Gasteiger partial charge in [-0.25, -0.2) is 0 Å². The minimum atomic E-state index is -0.246. The lowest BCUT2D eigenvalue weighted by Crippen LogP contribution is -2.40. The molecule has 1 fully saturated rings. The Bertz CT molecular complexity index is 1010. The molecule has 4 rings (SSSR count). The highest BCUT2D eigenvalue weighted by Crippen LogP contribution is 2.26. The van der Waals surface area contributed by atoms with Crippen LogP contribution in [0.3, 0.4) is 0 Å². The fraction of sp³-hybridized carbons (Fsp3) is 0.360. The number of carbonyl (C=O) groups is 1. The van der Waals surface area contributed by atoms with Gasteiger partial charge >= 0.3 is 0 Å². The van der Waals surface area contributed by atoms with Crippen LogP contribution in [0.15, 0.2) is 59.1 Å².